The maximum absolute atomic E-state index is 13.8. The second-order valence-electron chi connectivity index (χ2n) is 12.4. The largest absolute Gasteiger partial charge is 0.481 e. The van der Waals surface area contributed by atoms with E-state index in [9.17, 15) is 9.59 Å². The highest BCUT2D eigenvalue weighted by molar-refractivity contribution is 6.48. The van der Waals surface area contributed by atoms with Crippen LogP contribution in [-0.4, -0.2) is 52.6 Å². The third-order valence-corrected chi connectivity index (χ3v) is 9.05. The Labute approximate surface area is 225 Å². The Bertz CT molecular complexity index is 1150. The molecule has 1 saturated heterocycles. The van der Waals surface area contributed by atoms with E-state index in [0.717, 1.165) is 12.0 Å². The van der Waals surface area contributed by atoms with Gasteiger partial charge in [0.1, 0.15) is 11.7 Å². The van der Waals surface area contributed by atoms with E-state index in [0.29, 0.717) is 30.6 Å². The van der Waals surface area contributed by atoms with Crippen LogP contribution >= 0.6 is 0 Å². The topological polar surface area (TPSA) is 102 Å². The van der Waals surface area contributed by atoms with Gasteiger partial charge in [-0.1, -0.05) is 58.0 Å². The van der Waals surface area contributed by atoms with Crippen molar-refractivity contribution >= 4 is 18.9 Å². The Morgan fingerprint density at radius 1 is 1.11 bits per heavy atom. The SMILES string of the molecule is CC(C)C[C@H](NC(=O)C(Cc1ccccc1)NC(=O)c1cnccn1)B1O[C@@H]2CC3C[C@@H](C3(C)C)[C@]2(C)O1. The maximum Gasteiger partial charge on any atom is 0.481 e. The van der Waals surface area contributed by atoms with Crippen molar-refractivity contribution in [1.29, 1.82) is 0 Å². The monoisotopic (exact) mass is 518 g/mol. The minimum Gasteiger partial charge on any atom is -0.404 e. The minimum absolute atomic E-state index is 0.0345. The third kappa shape index (κ3) is 5.10. The zero-order chi connectivity index (χ0) is 27.1. The molecule has 2 aromatic rings. The molecule has 38 heavy (non-hydrogen) atoms. The Morgan fingerprint density at radius 2 is 1.87 bits per heavy atom. The van der Waals surface area contributed by atoms with E-state index < -0.39 is 19.1 Å². The second-order valence-corrected chi connectivity index (χ2v) is 12.4. The number of benzene rings is 1. The van der Waals surface area contributed by atoms with Crippen LogP contribution in [0.15, 0.2) is 48.9 Å². The van der Waals surface area contributed by atoms with Crippen molar-refractivity contribution in [2.24, 2.45) is 23.2 Å². The highest BCUT2D eigenvalue weighted by Crippen LogP contribution is 2.65. The van der Waals surface area contributed by atoms with Crippen molar-refractivity contribution in [2.45, 2.75) is 84.0 Å². The van der Waals surface area contributed by atoms with Crippen molar-refractivity contribution < 1.29 is 18.9 Å². The number of aromatic nitrogens is 2. The molecule has 6 rings (SSSR count). The van der Waals surface area contributed by atoms with E-state index in [-0.39, 0.29) is 34.7 Å². The van der Waals surface area contributed by atoms with Crippen LogP contribution in [0.1, 0.15) is 69.9 Å². The second kappa shape index (κ2) is 10.4. The molecule has 0 radical (unpaired) electrons. The summed E-state index contributed by atoms with van der Waals surface area (Å²) in [5.41, 5.74) is 0.998. The van der Waals surface area contributed by atoms with Gasteiger partial charge < -0.3 is 19.9 Å². The van der Waals surface area contributed by atoms with Gasteiger partial charge in [-0.2, -0.15) is 0 Å². The Hall–Kier alpha value is -2.78. The van der Waals surface area contributed by atoms with Gasteiger partial charge >= 0.3 is 7.12 Å². The van der Waals surface area contributed by atoms with Crippen LogP contribution < -0.4 is 10.6 Å². The number of carbonyl (C=O) groups excluding carboxylic acids is 2. The molecule has 1 aromatic carbocycles. The van der Waals surface area contributed by atoms with Crippen molar-refractivity contribution in [3.8, 4) is 0 Å². The quantitative estimate of drug-likeness (QED) is 0.492. The van der Waals surface area contributed by atoms with Gasteiger partial charge in [-0.25, -0.2) is 4.98 Å². The average Bonchev–Trinajstić information content (AvgIpc) is 3.26. The van der Waals surface area contributed by atoms with Crippen LogP contribution in [0.5, 0.6) is 0 Å². The number of amides is 2. The predicted octanol–water partition coefficient (Wildman–Crippen LogP) is 3.62. The number of hydrogen-bond donors (Lipinski definition) is 2. The predicted molar refractivity (Wildman–Crippen MR) is 145 cm³/mol. The number of carbonyl (C=O) groups is 2. The molecule has 4 fully saturated rings. The lowest BCUT2D eigenvalue weighted by Gasteiger charge is -2.64. The molecule has 1 aromatic heterocycles. The summed E-state index contributed by atoms with van der Waals surface area (Å²) in [6.07, 6.45) is 7.60. The van der Waals surface area contributed by atoms with Gasteiger partial charge in [0.25, 0.3) is 5.91 Å². The van der Waals surface area contributed by atoms with Gasteiger partial charge in [0, 0.05) is 18.8 Å². The molecular weight excluding hydrogens is 479 g/mol. The van der Waals surface area contributed by atoms with Gasteiger partial charge in [0.15, 0.2) is 0 Å². The first-order valence-electron chi connectivity index (χ1n) is 13.8. The van der Waals surface area contributed by atoms with E-state index in [1.807, 2.05) is 30.3 Å². The Balaban J connectivity index is 1.34. The molecule has 6 atom stereocenters. The van der Waals surface area contributed by atoms with Crippen LogP contribution in [0.2, 0.25) is 0 Å². The Kier molecular flexibility index (Phi) is 7.35. The molecule has 202 valence electrons. The van der Waals surface area contributed by atoms with Crippen molar-refractivity contribution in [3.05, 3.63) is 60.2 Å². The zero-order valence-corrected chi connectivity index (χ0v) is 23.0. The van der Waals surface area contributed by atoms with Crippen LogP contribution in [0, 0.1) is 23.2 Å². The number of rotatable bonds is 9. The van der Waals surface area contributed by atoms with E-state index in [2.05, 4.69) is 55.2 Å². The fraction of sp³-hybridized carbons (Fsp3) is 0.586. The number of nitrogens with one attached hydrogen (secondary N) is 2. The molecule has 2 heterocycles. The molecule has 8 nitrogen and oxygen atoms in total. The summed E-state index contributed by atoms with van der Waals surface area (Å²) in [7, 11) is -0.528. The summed E-state index contributed by atoms with van der Waals surface area (Å²) >= 11 is 0. The standard InChI is InChI=1S/C29H39BN4O4/c1-18(2)13-25(30-37-24-16-20-15-23(28(20,3)4)29(24,5)38-30)34-26(35)21(14-19-9-7-6-8-10-19)33-27(36)22-17-31-11-12-32-22/h6-12,17-18,20-21,23-25H,13-16H2,1-5H3,(H,33,36)(H,34,35)/t20?,21?,23-,24+,25-,29-/m0/s1. The lowest BCUT2D eigenvalue weighted by Crippen LogP contribution is -2.65. The van der Waals surface area contributed by atoms with Crippen LogP contribution in [0.25, 0.3) is 0 Å². The van der Waals surface area contributed by atoms with E-state index in [1.54, 1.807) is 0 Å². The first-order chi connectivity index (χ1) is 18.1. The van der Waals surface area contributed by atoms with Crippen molar-refractivity contribution in [1.82, 2.24) is 20.6 Å². The molecule has 0 spiro atoms. The Morgan fingerprint density at radius 3 is 2.53 bits per heavy atom. The summed E-state index contributed by atoms with van der Waals surface area (Å²) in [5, 5.41) is 6.08. The van der Waals surface area contributed by atoms with Gasteiger partial charge in [-0.05, 0) is 54.9 Å². The lowest BCUT2D eigenvalue weighted by molar-refractivity contribution is -0.199. The van der Waals surface area contributed by atoms with Gasteiger partial charge in [0.05, 0.1) is 23.8 Å². The molecule has 1 aliphatic heterocycles. The summed E-state index contributed by atoms with van der Waals surface area (Å²) in [6.45, 7) is 11.1. The molecule has 2 bridgehead atoms. The first kappa shape index (κ1) is 26.8. The summed E-state index contributed by atoms with van der Waals surface area (Å²) in [6, 6.07) is 8.87. The first-order valence-corrected chi connectivity index (χ1v) is 13.8. The minimum atomic E-state index is -0.799. The van der Waals surface area contributed by atoms with Crippen molar-refractivity contribution in [2.75, 3.05) is 0 Å². The third-order valence-electron chi connectivity index (χ3n) is 9.05. The van der Waals surface area contributed by atoms with Crippen LogP contribution in [0.4, 0.5) is 0 Å². The molecule has 3 saturated carbocycles. The highest BCUT2D eigenvalue weighted by atomic mass is 16.7. The molecule has 2 amide bonds. The van der Waals surface area contributed by atoms with Crippen LogP contribution in [0.3, 0.4) is 0 Å². The molecule has 9 heteroatoms. The van der Waals surface area contributed by atoms with E-state index in [4.69, 9.17) is 9.31 Å². The van der Waals surface area contributed by atoms with Crippen molar-refractivity contribution in [3.63, 3.8) is 0 Å². The average molecular weight is 518 g/mol. The summed E-state index contributed by atoms with van der Waals surface area (Å²) in [4.78, 5) is 34.8. The van der Waals surface area contributed by atoms with Gasteiger partial charge in [-0.3, -0.25) is 14.6 Å². The summed E-state index contributed by atoms with van der Waals surface area (Å²) < 4.78 is 13.2. The lowest BCUT2D eigenvalue weighted by atomic mass is 9.43. The highest BCUT2D eigenvalue weighted by Gasteiger charge is 2.68. The number of hydrogen-bond acceptors (Lipinski definition) is 6. The van der Waals surface area contributed by atoms with Crippen LogP contribution in [-0.2, 0) is 20.5 Å². The molecule has 2 N–H and O–H groups in total. The van der Waals surface area contributed by atoms with E-state index >= 15 is 0 Å². The van der Waals surface area contributed by atoms with Gasteiger partial charge in [0.2, 0.25) is 5.91 Å². The zero-order valence-electron chi connectivity index (χ0n) is 23.0. The molecular formula is C29H39BN4O4. The summed E-state index contributed by atoms with van der Waals surface area (Å²) in [5.74, 6) is 0.359. The maximum atomic E-state index is 13.8. The van der Waals surface area contributed by atoms with Gasteiger partial charge in [-0.15, -0.1) is 0 Å². The fourth-order valence-corrected chi connectivity index (χ4v) is 6.81. The molecule has 3 aliphatic carbocycles. The number of nitrogens with zero attached hydrogens (tertiary/aromatic N) is 2. The normalized spacial score (nSPS) is 28.7. The molecule has 4 aliphatic rings. The molecule has 2 unspecified atom stereocenters. The van der Waals surface area contributed by atoms with E-state index in [1.165, 1.54) is 25.0 Å². The smallest absolute Gasteiger partial charge is 0.404 e. The fourth-order valence-electron chi connectivity index (χ4n) is 6.81.